The average molecular weight is 286 g/mol. The van der Waals surface area contributed by atoms with Gasteiger partial charge in [0.05, 0.1) is 22.9 Å². The van der Waals surface area contributed by atoms with E-state index in [0.29, 0.717) is 28.2 Å². The molecular weight excluding hydrogens is 272 g/mol. The van der Waals surface area contributed by atoms with Crippen LogP contribution in [0, 0.1) is 0 Å². The van der Waals surface area contributed by atoms with Gasteiger partial charge in [-0.15, -0.1) is 0 Å². The van der Waals surface area contributed by atoms with Gasteiger partial charge in [-0.3, -0.25) is 5.10 Å². The van der Waals surface area contributed by atoms with E-state index in [-0.39, 0.29) is 11.8 Å². The summed E-state index contributed by atoms with van der Waals surface area (Å²) in [4.78, 5) is 20.6. The van der Waals surface area contributed by atoms with Gasteiger partial charge in [-0.25, -0.2) is 9.78 Å². The predicted molar refractivity (Wildman–Crippen MR) is 78.0 cm³/mol. The number of nitrogens with one attached hydrogen (secondary N) is 3. The number of aromatic amines is 2. The van der Waals surface area contributed by atoms with E-state index in [0.717, 1.165) is 0 Å². The van der Waals surface area contributed by atoms with Crippen LogP contribution in [0.15, 0.2) is 24.4 Å². The summed E-state index contributed by atoms with van der Waals surface area (Å²) >= 11 is 0. The van der Waals surface area contributed by atoms with Crippen LogP contribution in [0.4, 0.5) is 10.5 Å². The number of phenolic OH excluding ortho intramolecular Hbond substituents is 1. The molecule has 0 saturated carbocycles. The SMILES string of the molecule is CN(C)C(=O)Nc1cn[nH]c1-c1nc2ccc(O)cc2[nH]1. The molecule has 2 amide bonds. The normalized spacial score (nSPS) is 10.8. The first-order chi connectivity index (χ1) is 10.0. The van der Waals surface area contributed by atoms with E-state index in [4.69, 9.17) is 0 Å². The van der Waals surface area contributed by atoms with Crippen molar-refractivity contribution in [2.75, 3.05) is 19.4 Å². The van der Waals surface area contributed by atoms with Crippen LogP contribution < -0.4 is 5.32 Å². The molecule has 3 rings (SSSR count). The molecule has 108 valence electrons. The molecule has 0 aliphatic heterocycles. The zero-order valence-electron chi connectivity index (χ0n) is 11.5. The number of nitrogens with zero attached hydrogens (tertiary/aromatic N) is 3. The maximum Gasteiger partial charge on any atom is 0.321 e. The lowest BCUT2D eigenvalue weighted by atomic mass is 10.3. The van der Waals surface area contributed by atoms with Crippen molar-refractivity contribution in [3.63, 3.8) is 0 Å². The number of rotatable bonds is 2. The molecule has 2 aromatic heterocycles. The van der Waals surface area contributed by atoms with Crippen molar-refractivity contribution in [3.8, 4) is 17.3 Å². The molecule has 0 radical (unpaired) electrons. The zero-order chi connectivity index (χ0) is 15.0. The number of carbonyl (C=O) groups excluding carboxylic acids is 1. The monoisotopic (exact) mass is 286 g/mol. The molecule has 0 atom stereocenters. The largest absolute Gasteiger partial charge is 0.508 e. The average Bonchev–Trinajstić information content (AvgIpc) is 3.03. The van der Waals surface area contributed by atoms with Gasteiger partial charge in [0, 0.05) is 20.2 Å². The number of urea groups is 1. The lowest BCUT2D eigenvalue weighted by Gasteiger charge is -2.11. The third-order valence-electron chi connectivity index (χ3n) is 2.99. The van der Waals surface area contributed by atoms with Crippen LogP contribution in [0.25, 0.3) is 22.6 Å². The minimum absolute atomic E-state index is 0.156. The molecule has 0 fully saturated rings. The number of phenols is 1. The topological polar surface area (TPSA) is 110 Å². The third kappa shape index (κ3) is 2.38. The summed E-state index contributed by atoms with van der Waals surface area (Å²) in [5.74, 6) is 0.686. The van der Waals surface area contributed by atoms with Crippen molar-refractivity contribution >= 4 is 22.8 Å². The first kappa shape index (κ1) is 13.0. The molecule has 0 aliphatic carbocycles. The van der Waals surface area contributed by atoms with E-state index < -0.39 is 0 Å². The van der Waals surface area contributed by atoms with Gasteiger partial charge in [-0.1, -0.05) is 0 Å². The molecule has 0 bridgehead atoms. The van der Waals surface area contributed by atoms with Gasteiger partial charge < -0.3 is 20.3 Å². The van der Waals surface area contributed by atoms with Crippen LogP contribution in [-0.2, 0) is 0 Å². The fraction of sp³-hybridized carbons (Fsp3) is 0.154. The van der Waals surface area contributed by atoms with E-state index in [1.165, 1.54) is 11.1 Å². The van der Waals surface area contributed by atoms with Crippen molar-refractivity contribution in [1.82, 2.24) is 25.1 Å². The van der Waals surface area contributed by atoms with Crippen molar-refractivity contribution in [2.24, 2.45) is 0 Å². The number of H-pyrrole nitrogens is 2. The molecule has 4 N–H and O–H groups in total. The summed E-state index contributed by atoms with van der Waals surface area (Å²) in [7, 11) is 3.30. The molecule has 1 aromatic carbocycles. The Hall–Kier alpha value is -3.03. The van der Waals surface area contributed by atoms with E-state index in [9.17, 15) is 9.90 Å². The van der Waals surface area contributed by atoms with Crippen molar-refractivity contribution < 1.29 is 9.90 Å². The molecule has 8 heteroatoms. The minimum atomic E-state index is -0.258. The first-order valence-electron chi connectivity index (χ1n) is 6.25. The Morgan fingerprint density at radius 2 is 2.19 bits per heavy atom. The summed E-state index contributed by atoms with van der Waals surface area (Å²) in [6.45, 7) is 0. The fourth-order valence-electron chi connectivity index (χ4n) is 1.90. The highest BCUT2D eigenvalue weighted by Crippen LogP contribution is 2.26. The second-order valence-corrected chi connectivity index (χ2v) is 4.77. The molecule has 3 aromatic rings. The van der Waals surface area contributed by atoms with Gasteiger partial charge in [0.1, 0.15) is 11.4 Å². The molecule has 0 saturated heterocycles. The third-order valence-corrected chi connectivity index (χ3v) is 2.99. The van der Waals surface area contributed by atoms with Crippen molar-refractivity contribution in [2.45, 2.75) is 0 Å². The zero-order valence-corrected chi connectivity index (χ0v) is 11.5. The van der Waals surface area contributed by atoms with Gasteiger partial charge in [0.2, 0.25) is 0 Å². The predicted octanol–water partition coefficient (Wildman–Crippen LogP) is 1.75. The summed E-state index contributed by atoms with van der Waals surface area (Å²) < 4.78 is 0. The quantitative estimate of drug-likeness (QED) is 0.575. The van der Waals surface area contributed by atoms with Crippen LogP contribution in [-0.4, -0.2) is 50.3 Å². The molecular formula is C13H14N6O2. The molecule has 0 unspecified atom stereocenters. The number of fused-ring (bicyclic) bond motifs is 1. The number of aromatic nitrogens is 4. The van der Waals surface area contributed by atoms with Gasteiger partial charge >= 0.3 is 6.03 Å². The molecule has 8 nitrogen and oxygen atoms in total. The second-order valence-electron chi connectivity index (χ2n) is 4.77. The Balaban J connectivity index is 1.99. The van der Waals surface area contributed by atoms with E-state index in [2.05, 4.69) is 25.5 Å². The Bertz CT molecular complexity index is 804. The van der Waals surface area contributed by atoms with E-state index >= 15 is 0 Å². The number of hydrogen-bond acceptors (Lipinski definition) is 4. The summed E-state index contributed by atoms with van der Waals surface area (Å²) in [6.07, 6.45) is 1.52. The highest BCUT2D eigenvalue weighted by Gasteiger charge is 2.15. The Morgan fingerprint density at radius 1 is 1.38 bits per heavy atom. The number of benzene rings is 1. The van der Waals surface area contributed by atoms with E-state index in [1.807, 2.05) is 0 Å². The van der Waals surface area contributed by atoms with Gasteiger partial charge in [-0.05, 0) is 12.1 Å². The Kier molecular flexibility index (Phi) is 2.98. The first-order valence-corrected chi connectivity index (χ1v) is 6.25. The maximum absolute atomic E-state index is 11.7. The summed E-state index contributed by atoms with van der Waals surface area (Å²) in [6, 6.07) is 4.60. The number of carbonyl (C=O) groups is 1. The van der Waals surface area contributed by atoms with Crippen molar-refractivity contribution in [1.29, 1.82) is 0 Å². The lowest BCUT2D eigenvalue weighted by molar-refractivity contribution is 0.230. The van der Waals surface area contributed by atoms with Crippen LogP contribution >= 0.6 is 0 Å². The standard InChI is InChI=1S/C13H14N6O2/c1-19(2)13(21)17-10-6-14-18-11(10)12-15-8-4-3-7(20)5-9(8)16-12/h3-6,20H,1-2H3,(H,14,18)(H,15,16)(H,17,21). The lowest BCUT2D eigenvalue weighted by Crippen LogP contribution is -2.27. The summed E-state index contributed by atoms with van der Waals surface area (Å²) in [5.41, 5.74) is 2.50. The molecule has 21 heavy (non-hydrogen) atoms. The number of amides is 2. The Morgan fingerprint density at radius 3 is 2.95 bits per heavy atom. The second kappa shape index (κ2) is 4.82. The Labute approximate surface area is 119 Å². The van der Waals surface area contributed by atoms with Crippen LogP contribution in [0.1, 0.15) is 0 Å². The molecule has 0 spiro atoms. The highest BCUT2D eigenvalue weighted by molar-refractivity contribution is 5.93. The van der Waals surface area contributed by atoms with Crippen LogP contribution in [0.3, 0.4) is 0 Å². The van der Waals surface area contributed by atoms with Crippen molar-refractivity contribution in [3.05, 3.63) is 24.4 Å². The van der Waals surface area contributed by atoms with Crippen LogP contribution in [0.5, 0.6) is 5.75 Å². The summed E-state index contributed by atoms with van der Waals surface area (Å²) in [5, 5.41) is 18.9. The van der Waals surface area contributed by atoms with Gasteiger partial charge in [-0.2, -0.15) is 5.10 Å². The van der Waals surface area contributed by atoms with Crippen LogP contribution in [0.2, 0.25) is 0 Å². The number of hydrogen-bond donors (Lipinski definition) is 4. The van der Waals surface area contributed by atoms with E-state index in [1.54, 1.807) is 32.3 Å². The number of aromatic hydroxyl groups is 1. The number of imidazole rings is 1. The number of anilines is 1. The highest BCUT2D eigenvalue weighted by atomic mass is 16.3. The molecule has 0 aliphatic rings. The maximum atomic E-state index is 11.7. The smallest absolute Gasteiger partial charge is 0.321 e. The fourth-order valence-corrected chi connectivity index (χ4v) is 1.90. The van der Waals surface area contributed by atoms with Gasteiger partial charge in [0.15, 0.2) is 5.82 Å². The molecule has 2 heterocycles. The minimum Gasteiger partial charge on any atom is -0.508 e. The van der Waals surface area contributed by atoms with Gasteiger partial charge in [0.25, 0.3) is 0 Å².